The second-order valence-corrected chi connectivity index (χ2v) is 11.1. The van der Waals surface area contributed by atoms with Crippen LogP contribution in [-0.2, 0) is 27.2 Å². The molecule has 6 rings (SSSR count). The van der Waals surface area contributed by atoms with Gasteiger partial charge in [0.05, 0.1) is 6.10 Å². The number of H-pyrrole nitrogens is 1. The van der Waals surface area contributed by atoms with Gasteiger partial charge in [-0.25, -0.2) is 0 Å². The molecule has 7 nitrogen and oxygen atoms in total. The van der Waals surface area contributed by atoms with Gasteiger partial charge in [-0.05, 0) is 62.3 Å². The first-order valence-corrected chi connectivity index (χ1v) is 14.2. The minimum Gasteiger partial charge on any atom is -0.376 e. The summed E-state index contributed by atoms with van der Waals surface area (Å²) in [7, 11) is 0. The molecule has 7 heteroatoms. The van der Waals surface area contributed by atoms with Gasteiger partial charge in [0.25, 0.3) is 0 Å². The first-order chi connectivity index (χ1) is 18.6. The number of hydrogen-bond acceptors (Lipinski definition) is 4. The van der Waals surface area contributed by atoms with Crippen molar-refractivity contribution in [3.8, 4) is 0 Å². The number of nitrogens with zero attached hydrogens (tertiary/aromatic N) is 2. The van der Waals surface area contributed by atoms with Crippen LogP contribution in [0.25, 0.3) is 10.9 Å². The van der Waals surface area contributed by atoms with Crippen molar-refractivity contribution in [1.82, 2.24) is 20.1 Å². The zero-order valence-corrected chi connectivity index (χ0v) is 22.0. The molecule has 2 unspecified atom stereocenters. The van der Waals surface area contributed by atoms with Gasteiger partial charge < -0.3 is 24.8 Å². The highest BCUT2D eigenvalue weighted by Crippen LogP contribution is 2.35. The van der Waals surface area contributed by atoms with E-state index in [4.69, 9.17) is 4.74 Å². The fraction of sp³-hybridized carbons (Fsp3) is 0.484. The zero-order chi connectivity index (χ0) is 26.0. The van der Waals surface area contributed by atoms with Crippen LogP contribution in [0.15, 0.2) is 60.8 Å². The van der Waals surface area contributed by atoms with Gasteiger partial charge in [-0.15, -0.1) is 0 Å². The van der Waals surface area contributed by atoms with Gasteiger partial charge in [0.1, 0.15) is 11.6 Å². The maximum Gasteiger partial charge on any atom is 0.246 e. The highest BCUT2D eigenvalue weighted by atomic mass is 16.5. The summed E-state index contributed by atoms with van der Waals surface area (Å²) in [5.41, 5.74) is 2.68. The summed E-state index contributed by atoms with van der Waals surface area (Å²) in [6.45, 7) is 3.90. The van der Waals surface area contributed by atoms with Crippen LogP contribution < -0.4 is 5.32 Å². The number of ether oxygens (including phenoxy) is 1. The number of likely N-dealkylation sites (tertiary alicyclic amines) is 1. The summed E-state index contributed by atoms with van der Waals surface area (Å²) in [5, 5.41) is 4.26. The minimum absolute atomic E-state index is 0.00359. The molecular formula is C31H38N4O3. The second kappa shape index (κ2) is 10.9. The van der Waals surface area contributed by atoms with Crippen LogP contribution in [0.3, 0.4) is 0 Å². The number of rotatable bonds is 8. The van der Waals surface area contributed by atoms with Crippen molar-refractivity contribution in [1.29, 1.82) is 0 Å². The van der Waals surface area contributed by atoms with Gasteiger partial charge in [-0.3, -0.25) is 9.59 Å². The van der Waals surface area contributed by atoms with Crippen molar-refractivity contribution in [2.75, 3.05) is 32.8 Å². The van der Waals surface area contributed by atoms with Gasteiger partial charge in [0.2, 0.25) is 11.8 Å². The molecule has 1 aromatic heterocycles. The van der Waals surface area contributed by atoms with E-state index in [9.17, 15) is 9.59 Å². The Balaban J connectivity index is 1.15. The lowest BCUT2D eigenvalue weighted by atomic mass is 9.80. The second-order valence-electron chi connectivity index (χ2n) is 11.1. The van der Waals surface area contributed by atoms with E-state index < -0.39 is 11.6 Å². The molecule has 3 aliphatic rings. The van der Waals surface area contributed by atoms with Crippen LogP contribution in [0.5, 0.6) is 0 Å². The molecular weight excluding hydrogens is 476 g/mol. The summed E-state index contributed by atoms with van der Waals surface area (Å²) < 4.78 is 5.95. The average molecular weight is 515 g/mol. The molecule has 0 saturated carbocycles. The van der Waals surface area contributed by atoms with Crippen LogP contribution in [-0.4, -0.2) is 77.1 Å². The van der Waals surface area contributed by atoms with Crippen molar-refractivity contribution >= 4 is 22.7 Å². The molecule has 0 aliphatic carbocycles. The van der Waals surface area contributed by atoms with Crippen LogP contribution in [0.2, 0.25) is 0 Å². The van der Waals surface area contributed by atoms with E-state index >= 15 is 0 Å². The largest absolute Gasteiger partial charge is 0.376 e. The lowest BCUT2D eigenvalue weighted by Gasteiger charge is -2.52. The summed E-state index contributed by atoms with van der Waals surface area (Å²) in [5.74, 6) is 0.0341. The van der Waals surface area contributed by atoms with Gasteiger partial charge in [0, 0.05) is 49.8 Å². The van der Waals surface area contributed by atoms with Gasteiger partial charge >= 0.3 is 0 Å². The average Bonchev–Trinajstić information content (AvgIpc) is 3.62. The quantitative estimate of drug-likeness (QED) is 0.481. The van der Waals surface area contributed by atoms with E-state index in [1.54, 1.807) is 0 Å². The number of hydrogen-bond donors (Lipinski definition) is 2. The number of carbonyl (C=O) groups is 2. The molecule has 3 saturated heterocycles. The predicted molar refractivity (Wildman–Crippen MR) is 148 cm³/mol. The van der Waals surface area contributed by atoms with E-state index in [-0.39, 0.29) is 17.9 Å². The van der Waals surface area contributed by atoms with Crippen molar-refractivity contribution in [2.45, 2.75) is 62.6 Å². The number of aromatic amines is 1. The minimum atomic E-state index is -0.782. The van der Waals surface area contributed by atoms with E-state index in [0.717, 1.165) is 68.4 Å². The Morgan fingerprint density at radius 2 is 1.79 bits per heavy atom. The third-order valence-electron chi connectivity index (χ3n) is 8.78. The molecule has 38 heavy (non-hydrogen) atoms. The number of benzene rings is 2. The number of piperidine rings is 1. The maximum absolute atomic E-state index is 14.0. The van der Waals surface area contributed by atoms with E-state index in [2.05, 4.69) is 51.6 Å². The number of piperazine rings is 1. The third-order valence-corrected chi connectivity index (χ3v) is 8.78. The first-order valence-electron chi connectivity index (χ1n) is 14.2. The van der Waals surface area contributed by atoms with Crippen molar-refractivity contribution in [2.24, 2.45) is 0 Å². The summed E-state index contributed by atoms with van der Waals surface area (Å²) in [6, 6.07) is 18.1. The Morgan fingerprint density at radius 3 is 2.58 bits per heavy atom. The number of fused-ring (bicyclic) bond motifs is 1. The number of amides is 2. The number of carbonyl (C=O) groups excluding carboxylic acids is 2. The Labute approximate surface area is 224 Å². The smallest absolute Gasteiger partial charge is 0.246 e. The van der Waals surface area contributed by atoms with Crippen molar-refractivity contribution in [3.63, 3.8) is 0 Å². The Morgan fingerprint density at radius 1 is 1.00 bits per heavy atom. The molecule has 1 spiro atoms. The topological polar surface area (TPSA) is 77.7 Å². The van der Waals surface area contributed by atoms with Crippen LogP contribution in [0.4, 0.5) is 0 Å². The molecule has 3 fully saturated rings. The third kappa shape index (κ3) is 4.97. The van der Waals surface area contributed by atoms with Crippen molar-refractivity contribution < 1.29 is 14.3 Å². The Hall–Kier alpha value is -3.16. The molecule has 2 N–H and O–H groups in total. The summed E-state index contributed by atoms with van der Waals surface area (Å²) in [4.78, 5) is 35.5. The molecule has 0 bridgehead atoms. The number of nitrogens with one attached hydrogen (secondary N) is 2. The van der Waals surface area contributed by atoms with E-state index in [1.807, 2.05) is 29.3 Å². The molecule has 2 amide bonds. The fourth-order valence-corrected chi connectivity index (χ4v) is 6.59. The highest BCUT2D eigenvalue weighted by Gasteiger charge is 2.54. The molecule has 0 radical (unpaired) electrons. The SMILES string of the molecule is O=C1C(Cc2c[nH]c3ccccc23)NC(=O)C2(CCN(CCCc3ccccc3)CC2)N1CC1CCCO1. The molecule has 2 aromatic carbocycles. The Bertz CT molecular complexity index is 1260. The van der Waals surface area contributed by atoms with Crippen LogP contribution in [0.1, 0.15) is 43.2 Å². The monoisotopic (exact) mass is 514 g/mol. The lowest BCUT2D eigenvalue weighted by Crippen LogP contribution is -2.73. The molecule has 3 aromatic rings. The lowest BCUT2D eigenvalue weighted by molar-refractivity contribution is -0.163. The maximum atomic E-state index is 14.0. The van der Waals surface area contributed by atoms with Gasteiger partial charge in [-0.1, -0.05) is 48.5 Å². The standard InChI is InChI=1S/C31H38N4O3/c36-29-28(20-24-21-32-27-13-5-4-12-26(24)27)33-30(37)31(35(29)22-25-11-7-19-38-25)14-17-34(18-15-31)16-6-10-23-8-2-1-3-9-23/h1-5,8-9,12-13,21,25,28,32H,6-7,10-11,14-20,22H2,(H,33,37). The summed E-state index contributed by atoms with van der Waals surface area (Å²) in [6.07, 6.45) is 7.91. The highest BCUT2D eigenvalue weighted by molar-refractivity contribution is 6.00. The normalized spacial score (nSPS) is 23.8. The van der Waals surface area contributed by atoms with E-state index in [1.165, 1.54) is 5.56 Å². The molecule has 200 valence electrons. The summed E-state index contributed by atoms with van der Waals surface area (Å²) >= 11 is 0. The zero-order valence-electron chi connectivity index (χ0n) is 22.0. The molecule has 4 heterocycles. The van der Waals surface area contributed by atoms with Gasteiger partial charge in [0.15, 0.2) is 0 Å². The van der Waals surface area contributed by atoms with Crippen molar-refractivity contribution in [3.05, 3.63) is 71.9 Å². The van der Waals surface area contributed by atoms with Crippen LogP contribution >= 0.6 is 0 Å². The number of para-hydroxylation sites is 1. The van der Waals surface area contributed by atoms with E-state index in [0.29, 0.717) is 25.8 Å². The number of aryl methyl sites for hydroxylation is 1. The van der Waals surface area contributed by atoms with Gasteiger partial charge in [-0.2, -0.15) is 0 Å². The number of aromatic nitrogens is 1. The fourth-order valence-electron chi connectivity index (χ4n) is 6.59. The first kappa shape index (κ1) is 25.1. The Kier molecular flexibility index (Phi) is 7.22. The predicted octanol–water partition coefficient (Wildman–Crippen LogP) is 3.68. The molecule has 3 aliphatic heterocycles. The molecule has 2 atom stereocenters. The van der Waals surface area contributed by atoms with Crippen LogP contribution in [0, 0.1) is 0 Å².